The number of hydrogen-bond acceptors (Lipinski definition) is 5. The summed E-state index contributed by atoms with van der Waals surface area (Å²) in [5.74, 6) is 0.0652. The predicted octanol–water partition coefficient (Wildman–Crippen LogP) is 4.40. The van der Waals surface area contributed by atoms with E-state index >= 15 is 0 Å². The van der Waals surface area contributed by atoms with Gasteiger partial charge in [-0.15, -0.1) is 11.3 Å². The SMILES string of the molecule is CCN1CCN(c2ccc(NC(=O)CCCc3nc4ccccc4s3)cc2)CC1. The van der Waals surface area contributed by atoms with Gasteiger partial charge in [-0.1, -0.05) is 19.1 Å². The molecule has 0 spiro atoms. The number of fused-ring (bicyclic) bond motifs is 1. The van der Waals surface area contributed by atoms with Crippen LogP contribution in [0.1, 0.15) is 24.8 Å². The molecule has 2 aromatic carbocycles. The molecule has 152 valence electrons. The normalized spacial score (nSPS) is 15.0. The Morgan fingerprint density at radius 2 is 1.83 bits per heavy atom. The number of carbonyl (C=O) groups is 1. The molecule has 1 N–H and O–H groups in total. The van der Waals surface area contributed by atoms with Crippen molar-refractivity contribution in [3.05, 3.63) is 53.5 Å². The van der Waals surface area contributed by atoms with Gasteiger partial charge in [0.2, 0.25) is 5.91 Å². The lowest BCUT2D eigenvalue weighted by molar-refractivity contribution is -0.116. The number of thiazole rings is 1. The number of anilines is 2. The van der Waals surface area contributed by atoms with E-state index in [1.54, 1.807) is 11.3 Å². The monoisotopic (exact) mass is 408 g/mol. The number of carbonyl (C=O) groups excluding carboxylic acids is 1. The van der Waals surface area contributed by atoms with Crippen molar-refractivity contribution in [1.29, 1.82) is 0 Å². The zero-order valence-electron chi connectivity index (χ0n) is 16.9. The summed E-state index contributed by atoms with van der Waals surface area (Å²) in [4.78, 5) is 21.8. The lowest BCUT2D eigenvalue weighted by atomic mass is 10.2. The van der Waals surface area contributed by atoms with Crippen LogP contribution in [0.4, 0.5) is 11.4 Å². The fraction of sp³-hybridized carbons (Fsp3) is 0.391. The van der Waals surface area contributed by atoms with Gasteiger partial charge >= 0.3 is 0 Å². The summed E-state index contributed by atoms with van der Waals surface area (Å²) in [7, 11) is 0. The summed E-state index contributed by atoms with van der Waals surface area (Å²) in [5, 5.41) is 4.12. The summed E-state index contributed by atoms with van der Waals surface area (Å²) in [6, 6.07) is 16.4. The third-order valence-corrected chi connectivity index (χ3v) is 6.56. The van der Waals surface area contributed by atoms with Gasteiger partial charge in [0, 0.05) is 44.0 Å². The summed E-state index contributed by atoms with van der Waals surface area (Å²) < 4.78 is 1.21. The van der Waals surface area contributed by atoms with Crippen LogP contribution in [0.2, 0.25) is 0 Å². The Balaban J connectivity index is 1.23. The number of amides is 1. The van der Waals surface area contributed by atoms with Crippen LogP contribution in [0.5, 0.6) is 0 Å². The molecule has 0 atom stereocenters. The average molecular weight is 409 g/mol. The molecule has 0 bridgehead atoms. The van der Waals surface area contributed by atoms with E-state index < -0.39 is 0 Å². The Hall–Kier alpha value is -2.44. The van der Waals surface area contributed by atoms with Crippen LogP contribution in [-0.4, -0.2) is 48.5 Å². The van der Waals surface area contributed by atoms with Crippen LogP contribution in [-0.2, 0) is 11.2 Å². The second-order valence-electron chi connectivity index (χ2n) is 7.45. The van der Waals surface area contributed by atoms with Crippen LogP contribution in [0.25, 0.3) is 10.2 Å². The molecule has 1 fully saturated rings. The molecule has 1 saturated heterocycles. The van der Waals surface area contributed by atoms with E-state index in [4.69, 9.17) is 0 Å². The highest BCUT2D eigenvalue weighted by Gasteiger charge is 2.15. The highest BCUT2D eigenvalue weighted by atomic mass is 32.1. The van der Waals surface area contributed by atoms with Crippen molar-refractivity contribution < 1.29 is 4.79 Å². The molecule has 4 rings (SSSR count). The molecule has 0 saturated carbocycles. The maximum Gasteiger partial charge on any atom is 0.224 e. The summed E-state index contributed by atoms with van der Waals surface area (Å²) in [6.07, 6.45) is 2.16. The Kier molecular flexibility index (Phi) is 6.42. The van der Waals surface area contributed by atoms with Gasteiger partial charge in [-0.05, 0) is 55.8 Å². The van der Waals surface area contributed by atoms with Crippen LogP contribution < -0.4 is 10.2 Å². The summed E-state index contributed by atoms with van der Waals surface area (Å²) in [5.41, 5.74) is 3.15. The Labute approximate surface area is 176 Å². The predicted molar refractivity (Wildman–Crippen MR) is 122 cm³/mol. The second-order valence-corrected chi connectivity index (χ2v) is 8.56. The molecule has 3 aromatic rings. The number of nitrogens with zero attached hydrogens (tertiary/aromatic N) is 3. The van der Waals surface area contributed by atoms with Crippen molar-refractivity contribution in [3.8, 4) is 0 Å². The number of para-hydroxylation sites is 1. The summed E-state index contributed by atoms with van der Waals surface area (Å²) >= 11 is 1.72. The number of piperazine rings is 1. The van der Waals surface area contributed by atoms with Gasteiger partial charge in [0.1, 0.15) is 0 Å². The van der Waals surface area contributed by atoms with E-state index in [1.165, 1.54) is 10.4 Å². The first-order valence-electron chi connectivity index (χ1n) is 10.4. The van der Waals surface area contributed by atoms with Crippen LogP contribution >= 0.6 is 11.3 Å². The molecule has 1 aromatic heterocycles. The first-order valence-corrected chi connectivity index (χ1v) is 11.2. The van der Waals surface area contributed by atoms with Gasteiger partial charge in [-0.2, -0.15) is 0 Å². The summed E-state index contributed by atoms with van der Waals surface area (Å²) in [6.45, 7) is 7.69. The lowest BCUT2D eigenvalue weighted by Crippen LogP contribution is -2.46. The van der Waals surface area contributed by atoms with E-state index in [1.807, 2.05) is 30.3 Å². The smallest absolute Gasteiger partial charge is 0.224 e. The lowest BCUT2D eigenvalue weighted by Gasteiger charge is -2.35. The van der Waals surface area contributed by atoms with Crippen LogP contribution in [0.3, 0.4) is 0 Å². The molecule has 1 amide bonds. The highest BCUT2D eigenvalue weighted by Crippen LogP contribution is 2.23. The Morgan fingerprint density at radius 3 is 2.55 bits per heavy atom. The molecule has 1 aliphatic rings. The molecule has 29 heavy (non-hydrogen) atoms. The van der Waals surface area contributed by atoms with E-state index in [2.05, 4.69) is 45.2 Å². The number of hydrogen-bond donors (Lipinski definition) is 1. The molecule has 0 aliphatic carbocycles. The van der Waals surface area contributed by atoms with Crippen molar-refractivity contribution in [2.75, 3.05) is 42.9 Å². The fourth-order valence-electron chi connectivity index (χ4n) is 3.73. The van der Waals surface area contributed by atoms with E-state index in [0.717, 1.165) is 61.8 Å². The van der Waals surface area contributed by atoms with Crippen molar-refractivity contribution in [2.45, 2.75) is 26.2 Å². The van der Waals surface area contributed by atoms with Crippen LogP contribution in [0, 0.1) is 0 Å². The third-order valence-electron chi connectivity index (χ3n) is 5.47. The third kappa shape index (κ3) is 5.14. The molecular formula is C23H28N4OS. The largest absolute Gasteiger partial charge is 0.369 e. The van der Waals surface area contributed by atoms with Gasteiger partial charge in [0.25, 0.3) is 0 Å². The van der Waals surface area contributed by atoms with Gasteiger partial charge in [0.05, 0.1) is 15.2 Å². The number of benzene rings is 2. The van der Waals surface area contributed by atoms with Gasteiger partial charge in [0.15, 0.2) is 0 Å². The molecule has 0 radical (unpaired) electrons. The molecule has 0 unspecified atom stereocenters. The van der Waals surface area contributed by atoms with Crippen LogP contribution in [0.15, 0.2) is 48.5 Å². The first-order chi connectivity index (χ1) is 14.2. The van der Waals surface area contributed by atoms with E-state index in [-0.39, 0.29) is 5.91 Å². The van der Waals surface area contributed by atoms with Crippen molar-refractivity contribution >= 4 is 38.8 Å². The van der Waals surface area contributed by atoms with Gasteiger partial charge < -0.3 is 15.1 Å². The standard InChI is InChI=1S/C23H28N4OS/c1-2-26-14-16-27(17-15-26)19-12-10-18(11-13-19)24-22(28)8-5-9-23-25-20-6-3-4-7-21(20)29-23/h3-4,6-7,10-13H,2,5,8-9,14-17H2,1H3,(H,24,28). The van der Waals surface area contributed by atoms with Crippen molar-refractivity contribution in [2.24, 2.45) is 0 Å². The number of likely N-dealkylation sites (N-methyl/N-ethyl adjacent to an activating group) is 1. The number of rotatable bonds is 7. The zero-order chi connectivity index (χ0) is 20.1. The average Bonchev–Trinajstić information content (AvgIpc) is 3.17. The molecule has 1 aliphatic heterocycles. The molecular weight excluding hydrogens is 380 g/mol. The molecule has 5 nitrogen and oxygen atoms in total. The topological polar surface area (TPSA) is 48.5 Å². The second kappa shape index (κ2) is 9.37. The quantitative estimate of drug-likeness (QED) is 0.630. The highest BCUT2D eigenvalue weighted by molar-refractivity contribution is 7.18. The molecule has 2 heterocycles. The van der Waals surface area contributed by atoms with Crippen molar-refractivity contribution in [3.63, 3.8) is 0 Å². The van der Waals surface area contributed by atoms with E-state index in [9.17, 15) is 4.79 Å². The van der Waals surface area contributed by atoms with E-state index in [0.29, 0.717) is 6.42 Å². The number of aryl methyl sites for hydroxylation is 1. The number of nitrogens with one attached hydrogen (secondary N) is 1. The van der Waals surface area contributed by atoms with Gasteiger partial charge in [-0.3, -0.25) is 4.79 Å². The minimum Gasteiger partial charge on any atom is -0.369 e. The zero-order valence-corrected chi connectivity index (χ0v) is 17.8. The maximum absolute atomic E-state index is 12.3. The maximum atomic E-state index is 12.3. The minimum atomic E-state index is 0.0652. The molecule has 6 heteroatoms. The van der Waals surface area contributed by atoms with Crippen molar-refractivity contribution in [1.82, 2.24) is 9.88 Å². The fourth-order valence-corrected chi connectivity index (χ4v) is 4.74. The minimum absolute atomic E-state index is 0.0652. The van der Waals surface area contributed by atoms with Gasteiger partial charge in [-0.25, -0.2) is 4.98 Å². The Morgan fingerprint density at radius 1 is 1.07 bits per heavy atom. The Bertz CT molecular complexity index is 912. The number of aromatic nitrogens is 1. The first kappa shape index (κ1) is 19.9.